The second kappa shape index (κ2) is 6.22. The van der Waals surface area contributed by atoms with Gasteiger partial charge in [0.2, 0.25) is 0 Å². The van der Waals surface area contributed by atoms with Crippen LogP contribution in [-0.2, 0) is 9.53 Å². The maximum Gasteiger partial charge on any atom is 0.307 e. The molecule has 0 aromatic carbocycles. The second-order valence-corrected chi connectivity index (χ2v) is 3.67. The number of methoxy groups -OCH3 is 1. The molecule has 0 aliphatic rings. The van der Waals surface area contributed by atoms with Crippen LogP contribution >= 0.6 is 15.9 Å². The molecule has 0 fully saturated rings. The van der Waals surface area contributed by atoms with E-state index in [1.807, 2.05) is 0 Å². The van der Waals surface area contributed by atoms with Gasteiger partial charge in [0.1, 0.15) is 4.60 Å². The minimum Gasteiger partial charge on any atom is -0.469 e. The predicted octanol–water partition coefficient (Wildman–Crippen LogP) is 1.14. The summed E-state index contributed by atoms with van der Waals surface area (Å²) < 4.78 is 4.93. The smallest absolute Gasteiger partial charge is 0.307 e. The summed E-state index contributed by atoms with van der Waals surface area (Å²) in [5.41, 5.74) is 0.437. The van der Waals surface area contributed by atoms with Gasteiger partial charge in [0.25, 0.3) is 5.91 Å². The minimum absolute atomic E-state index is 0.153. The first-order valence-corrected chi connectivity index (χ1v) is 5.40. The molecule has 0 spiro atoms. The van der Waals surface area contributed by atoms with Gasteiger partial charge >= 0.3 is 5.97 Å². The topological polar surface area (TPSA) is 68.3 Å². The van der Waals surface area contributed by atoms with Gasteiger partial charge in [0.15, 0.2) is 0 Å². The van der Waals surface area contributed by atoms with Crippen LogP contribution in [0.2, 0.25) is 0 Å². The van der Waals surface area contributed by atoms with Crippen LogP contribution in [0.3, 0.4) is 0 Å². The molecule has 0 saturated carbocycles. The summed E-state index contributed by atoms with van der Waals surface area (Å²) in [6.07, 6.45) is 1.73. The molecule has 1 heterocycles. The van der Waals surface area contributed by atoms with Gasteiger partial charge in [-0.1, -0.05) is 0 Å². The zero-order valence-corrected chi connectivity index (χ0v) is 10.3. The molecule has 0 atom stereocenters. The van der Waals surface area contributed by atoms with E-state index in [4.69, 9.17) is 0 Å². The molecule has 0 unspecified atom stereocenters. The van der Waals surface area contributed by atoms with E-state index in [-0.39, 0.29) is 24.8 Å². The first kappa shape index (κ1) is 12.6. The van der Waals surface area contributed by atoms with Crippen molar-refractivity contribution >= 4 is 27.8 Å². The molecular formula is C10H11BrN2O3. The molecule has 0 radical (unpaired) electrons. The van der Waals surface area contributed by atoms with E-state index < -0.39 is 0 Å². The van der Waals surface area contributed by atoms with Crippen molar-refractivity contribution in [3.05, 3.63) is 28.5 Å². The lowest BCUT2D eigenvalue weighted by atomic mass is 10.2. The summed E-state index contributed by atoms with van der Waals surface area (Å²) in [5.74, 6) is -0.630. The molecule has 0 bridgehead atoms. The lowest BCUT2D eigenvalue weighted by Crippen LogP contribution is -2.26. The third-order valence-electron chi connectivity index (χ3n) is 1.85. The summed E-state index contributed by atoms with van der Waals surface area (Å²) in [6.45, 7) is 0.243. The number of hydrogen-bond acceptors (Lipinski definition) is 4. The zero-order chi connectivity index (χ0) is 12.0. The first-order valence-electron chi connectivity index (χ1n) is 4.60. The van der Waals surface area contributed by atoms with Crippen molar-refractivity contribution in [1.29, 1.82) is 0 Å². The summed E-state index contributed by atoms with van der Waals surface area (Å²) >= 11 is 3.17. The van der Waals surface area contributed by atoms with Crippen LogP contribution in [0.4, 0.5) is 0 Å². The second-order valence-electron chi connectivity index (χ2n) is 2.92. The number of aromatic nitrogens is 1. The number of esters is 1. The highest BCUT2D eigenvalue weighted by Crippen LogP contribution is 2.11. The van der Waals surface area contributed by atoms with Crippen molar-refractivity contribution < 1.29 is 14.3 Å². The Morgan fingerprint density at radius 2 is 2.31 bits per heavy atom. The highest BCUT2D eigenvalue weighted by Gasteiger charge is 2.10. The zero-order valence-electron chi connectivity index (χ0n) is 8.70. The van der Waals surface area contributed by atoms with E-state index in [0.717, 1.165) is 0 Å². The van der Waals surface area contributed by atoms with Gasteiger partial charge in [-0.2, -0.15) is 0 Å². The van der Waals surface area contributed by atoms with E-state index in [1.165, 1.54) is 7.11 Å². The van der Waals surface area contributed by atoms with Crippen LogP contribution in [-0.4, -0.2) is 30.5 Å². The molecule has 0 aliphatic carbocycles. The lowest BCUT2D eigenvalue weighted by Gasteiger charge is -2.05. The molecule has 1 aromatic rings. The number of nitrogens with zero attached hydrogens (tertiary/aromatic N) is 1. The first-order chi connectivity index (χ1) is 7.65. The molecule has 6 heteroatoms. The van der Waals surface area contributed by atoms with Crippen LogP contribution in [0.25, 0.3) is 0 Å². The van der Waals surface area contributed by atoms with E-state index in [2.05, 4.69) is 31.0 Å². The fraction of sp³-hybridized carbons (Fsp3) is 0.300. The van der Waals surface area contributed by atoms with Crippen molar-refractivity contribution in [2.24, 2.45) is 0 Å². The van der Waals surface area contributed by atoms with E-state index in [9.17, 15) is 9.59 Å². The number of rotatable bonds is 4. The standard InChI is InChI=1S/C10H11BrN2O3/c1-16-8(14)4-6-13-10(15)7-3-2-5-12-9(7)11/h2-3,5H,4,6H2,1H3,(H,13,15). The van der Waals surface area contributed by atoms with Crippen LogP contribution < -0.4 is 5.32 Å². The average Bonchev–Trinajstić information content (AvgIpc) is 2.29. The number of nitrogens with one attached hydrogen (secondary N) is 1. The molecule has 5 nitrogen and oxygen atoms in total. The number of carbonyl (C=O) groups is 2. The minimum atomic E-state index is -0.356. The third-order valence-corrected chi connectivity index (χ3v) is 2.48. The Hall–Kier alpha value is -1.43. The summed E-state index contributed by atoms with van der Waals surface area (Å²) in [4.78, 5) is 26.3. The molecule has 86 valence electrons. The van der Waals surface area contributed by atoms with Gasteiger partial charge in [-0.25, -0.2) is 4.98 Å². The molecular weight excluding hydrogens is 276 g/mol. The summed E-state index contributed by atoms with van der Waals surface area (Å²) in [5, 5.41) is 2.60. The Bertz CT molecular complexity index is 395. The Balaban J connectivity index is 2.47. The molecule has 16 heavy (non-hydrogen) atoms. The molecule has 1 rings (SSSR count). The van der Waals surface area contributed by atoms with Crippen molar-refractivity contribution in [1.82, 2.24) is 10.3 Å². The van der Waals surface area contributed by atoms with E-state index >= 15 is 0 Å². The Kier molecular flexibility index (Phi) is 4.91. The number of hydrogen-bond donors (Lipinski definition) is 1. The van der Waals surface area contributed by atoms with E-state index in [1.54, 1.807) is 18.3 Å². The van der Waals surface area contributed by atoms with Gasteiger partial charge in [0, 0.05) is 12.7 Å². The molecule has 1 N–H and O–H groups in total. The van der Waals surface area contributed by atoms with Crippen LogP contribution in [0, 0.1) is 0 Å². The van der Waals surface area contributed by atoms with Gasteiger partial charge < -0.3 is 10.1 Å². The number of halogens is 1. The van der Waals surface area contributed by atoms with Gasteiger partial charge in [-0.3, -0.25) is 9.59 Å². The predicted molar refractivity (Wildman–Crippen MR) is 60.9 cm³/mol. The maximum absolute atomic E-state index is 11.6. The Labute approximate surface area is 101 Å². The molecule has 0 aliphatic heterocycles. The number of amides is 1. The fourth-order valence-electron chi connectivity index (χ4n) is 1.03. The lowest BCUT2D eigenvalue weighted by molar-refractivity contribution is -0.140. The SMILES string of the molecule is COC(=O)CCNC(=O)c1cccnc1Br. The maximum atomic E-state index is 11.6. The molecule has 1 aromatic heterocycles. The molecule has 1 amide bonds. The summed E-state index contributed by atoms with van der Waals surface area (Å²) in [7, 11) is 1.31. The van der Waals surface area contributed by atoms with Gasteiger partial charge in [0.05, 0.1) is 19.1 Å². The number of carbonyl (C=O) groups excluding carboxylic acids is 2. The molecule has 0 saturated heterocycles. The fourth-order valence-corrected chi connectivity index (χ4v) is 1.46. The quantitative estimate of drug-likeness (QED) is 0.666. The Morgan fingerprint density at radius 1 is 1.56 bits per heavy atom. The normalized spacial score (nSPS) is 9.62. The van der Waals surface area contributed by atoms with E-state index in [0.29, 0.717) is 10.2 Å². The van der Waals surface area contributed by atoms with Crippen molar-refractivity contribution in [3.63, 3.8) is 0 Å². The largest absolute Gasteiger partial charge is 0.469 e. The Morgan fingerprint density at radius 3 is 2.94 bits per heavy atom. The van der Waals surface area contributed by atoms with Crippen molar-refractivity contribution in [2.45, 2.75) is 6.42 Å². The number of pyridine rings is 1. The third kappa shape index (κ3) is 3.62. The van der Waals surface area contributed by atoms with Crippen LogP contribution in [0.15, 0.2) is 22.9 Å². The van der Waals surface area contributed by atoms with Crippen LogP contribution in [0.1, 0.15) is 16.8 Å². The van der Waals surface area contributed by atoms with Crippen molar-refractivity contribution in [3.8, 4) is 0 Å². The van der Waals surface area contributed by atoms with Crippen LogP contribution in [0.5, 0.6) is 0 Å². The van der Waals surface area contributed by atoms with Gasteiger partial charge in [-0.15, -0.1) is 0 Å². The average molecular weight is 287 g/mol. The van der Waals surface area contributed by atoms with Gasteiger partial charge in [-0.05, 0) is 28.1 Å². The highest BCUT2D eigenvalue weighted by molar-refractivity contribution is 9.10. The highest BCUT2D eigenvalue weighted by atomic mass is 79.9. The monoisotopic (exact) mass is 286 g/mol. The summed E-state index contributed by atoms with van der Waals surface area (Å²) in [6, 6.07) is 3.31. The number of ether oxygens (including phenoxy) is 1. The van der Waals surface area contributed by atoms with Crippen molar-refractivity contribution in [2.75, 3.05) is 13.7 Å².